The van der Waals surface area contributed by atoms with Gasteiger partial charge in [0.05, 0.1) is 0 Å². The fourth-order valence-corrected chi connectivity index (χ4v) is 5.12. The van der Waals surface area contributed by atoms with E-state index < -0.39 is 0 Å². The third-order valence-electron chi connectivity index (χ3n) is 7.12. The topological polar surface area (TPSA) is 35.6 Å². The van der Waals surface area contributed by atoms with Gasteiger partial charge in [0.2, 0.25) is 0 Å². The Morgan fingerprint density at radius 1 is 1.11 bits per heavy atom. The van der Waals surface area contributed by atoms with Gasteiger partial charge in [0.25, 0.3) is 5.91 Å². The first kappa shape index (κ1) is 26.3. The molecule has 1 fully saturated rings. The zero-order valence-corrected chi connectivity index (χ0v) is 23.0. The molecular formula is C30H35ClN3OP. The van der Waals surface area contributed by atoms with Crippen molar-refractivity contribution in [3.8, 4) is 0 Å². The van der Waals surface area contributed by atoms with Gasteiger partial charge in [-0.1, -0.05) is 55.4 Å². The van der Waals surface area contributed by atoms with E-state index in [1.807, 2.05) is 42.3 Å². The van der Waals surface area contributed by atoms with E-state index in [-0.39, 0.29) is 5.91 Å². The van der Waals surface area contributed by atoms with Gasteiger partial charge in [-0.05, 0) is 84.5 Å². The van der Waals surface area contributed by atoms with Crippen LogP contribution in [0.25, 0.3) is 0 Å². The molecule has 0 spiro atoms. The van der Waals surface area contributed by atoms with Gasteiger partial charge >= 0.3 is 0 Å². The van der Waals surface area contributed by atoms with Gasteiger partial charge in [0.1, 0.15) is 5.70 Å². The predicted molar refractivity (Wildman–Crippen MR) is 155 cm³/mol. The molecule has 2 aromatic rings. The zero-order chi connectivity index (χ0) is 25.7. The van der Waals surface area contributed by atoms with E-state index in [0.717, 1.165) is 59.5 Å². The van der Waals surface area contributed by atoms with Gasteiger partial charge in [0, 0.05) is 42.2 Å². The number of rotatable bonds is 7. The van der Waals surface area contributed by atoms with E-state index >= 15 is 0 Å². The molecule has 0 saturated carbocycles. The largest absolute Gasteiger partial charge is 0.371 e. The Kier molecular flexibility index (Phi) is 8.72. The second-order valence-electron chi connectivity index (χ2n) is 9.42. The van der Waals surface area contributed by atoms with Crippen LogP contribution >= 0.6 is 20.8 Å². The van der Waals surface area contributed by atoms with Crippen molar-refractivity contribution in [3.05, 3.63) is 112 Å². The third kappa shape index (κ3) is 6.11. The maximum atomic E-state index is 13.2. The Labute approximate surface area is 222 Å². The van der Waals surface area contributed by atoms with Gasteiger partial charge in [0.15, 0.2) is 0 Å². The molecule has 0 bridgehead atoms. The van der Waals surface area contributed by atoms with Crippen molar-refractivity contribution < 1.29 is 4.79 Å². The van der Waals surface area contributed by atoms with Crippen LogP contribution in [0.1, 0.15) is 50.2 Å². The summed E-state index contributed by atoms with van der Waals surface area (Å²) in [6.45, 7) is 10.8. The van der Waals surface area contributed by atoms with E-state index in [0.29, 0.717) is 18.2 Å². The van der Waals surface area contributed by atoms with Gasteiger partial charge in [-0.25, -0.2) is 0 Å². The van der Waals surface area contributed by atoms with Crippen LogP contribution in [0, 0.1) is 0 Å². The first-order chi connectivity index (χ1) is 17.4. The monoisotopic (exact) mass is 519 g/mol. The van der Waals surface area contributed by atoms with Crippen LogP contribution in [0.15, 0.2) is 95.7 Å². The number of hydrogen-bond donors (Lipinski definition) is 1. The number of halogens is 1. The predicted octanol–water partition coefficient (Wildman–Crippen LogP) is 7.13. The van der Waals surface area contributed by atoms with E-state index in [9.17, 15) is 4.79 Å². The Hall–Kier alpha value is -2.81. The molecule has 2 heterocycles. The van der Waals surface area contributed by atoms with Gasteiger partial charge < -0.3 is 15.1 Å². The molecule has 1 unspecified atom stereocenters. The van der Waals surface area contributed by atoms with Crippen LogP contribution in [0.3, 0.4) is 0 Å². The number of amides is 1. The number of nitrogens with one attached hydrogen (secondary N) is 1. The highest BCUT2D eigenvalue weighted by molar-refractivity contribution is 7.23. The summed E-state index contributed by atoms with van der Waals surface area (Å²) in [7, 11) is 2.68. The molecule has 0 radical (unpaired) electrons. The minimum absolute atomic E-state index is 0.0896. The Morgan fingerprint density at radius 3 is 2.42 bits per heavy atom. The molecule has 1 saturated heterocycles. The number of carbonyl (C=O) groups excluding carboxylic acids is 1. The average molecular weight is 520 g/mol. The van der Waals surface area contributed by atoms with Crippen molar-refractivity contribution in [1.29, 1.82) is 0 Å². The van der Waals surface area contributed by atoms with E-state index in [1.54, 1.807) is 0 Å². The number of allylic oxidation sites excluding steroid dienone is 4. The molecule has 36 heavy (non-hydrogen) atoms. The zero-order valence-electron chi connectivity index (χ0n) is 21.1. The van der Waals surface area contributed by atoms with Crippen molar-refractivity contribution >= 4 is 32.4 Å². The lowest BCUT2D eigenvalue weighted by atomic mass is 9.89. The summed E-state index contributed by atoms with van der Waals surface area (Å²) < 4.78 is 0. The lowest BCUT2D eigenvalue weighted by Crippen LogP contribution is -2.33. The molecule has 1 amide bonds. The van der Waals surface area contributed by atoms with Crippen molar-refractivity contribution in [3.63, 3.8) is 0 Å². The van der Waals surface area contributed by atoms with E-state index in [4.69, 9.17) is 11.6 Å². The summed E-state index contributed by atoms with van der Waals surface area (Å²) in [6, 6.07) is 16.8. The summed E-state index contributed by atoms with van der Waals surface area (Å²) in [6.07, 6.45) is 8.87. The molecule has 1 N–H and O–H groups in total. The summed E-state index contributed by atoms with van der Waals surface area (Å²) in [5.74, 6) is 0.499. The highest BCUT2D eigenvalue weighted by atomic mass is 35.5. The molecule has 1 atom stereocenters. The van der Waals surface area contributed by atoms with Gasteiger partial charge in [-0.2, -0.15) is 0 Å². The fraction of sp³-hybridized carbons (Fsp3) is 0.300. The number of nitrogens with zero attached hydrogens (tertiary/aromatic N) is 2. The molecule has 2 aromatic carbocycles. The lowest BCUT2D eigenvalue weighted by Gasteiger charge is -2.34. The van der Waals surface area contributed by atoms with Crippen LogP contribution in [-0.4, -0.2) is 23.9 Å². The SMILES string of the molecule is C=C1C(P)=CC=CN1/C(C(=O)NCc1ccc(N2CCC(c3ccc(Cl)cc3)CC2)cc1)=C(\C)CC. The fourth-order valence-electron chi connectivity index (χ4n) is 4.74. The number of carbonyl (C=O) groups is 1. The molecular weight excluding hydrogens is 485 g/mol. The Morgan fingerprint density at radius 2 is 1.78 bits per heavy atom. The highest BCUT2D eigenvalue weighted by Gasteiger charge is 2.23. The number of piperidine rings is 1. The number of anilines is 1. The smallest absolute Gasteiger partial charge is 0.268 e. The van der Waals surface area contributed by atoms with Crippen LogP contribution < -0.4 is 10.2 Å². The van der Waals surface area contributed by atoms with Gasteiger partial charge in [-0.15, -0.1) is 9.24 Å². The summed E-state index contributed by atoms with van der Waals surface area (Å²) in [5.41, 5.74) is 6.16. The van der Waals surface area contributed by atoms with E-state index in [2.05, 4.69) is 69.4 Å². The average Bonchev–Trinajstić information content (AvgIpc) is 2.91. The third-order valence-corrected chi connectivity index (χ3v) is 7.89. The Bertz CT molecular complexity index is 1190. The summed E-state index contributed by atoms with van der Waals surface area (Å²) in [4.78, 5) is 17.6. The van der Waals surface area contributed by atoms with Crippen molar-refractivity contribution in [2.75, 3.05) is 18.0 Å². The maximum Gasteiger partial charge on any atom is 0.268 e. The first-order valence-electron chi connectivity index (χ1n) is 12.6. The summed E-state index contributed by atoms with van der Waals surface area (Å²) >= 11 is 6.04. The molecule has 2 aliphatic heterocycles. The van der Waals surface area contributed by atoms with Crippen LogP contribution in [0.2, 0.25) is 5.02 Å². The van der Waals surface area contributed by atoms with Crippen molar-refractivity contribution in [1.82, 2.24) is 10.2 Å². The first-order valence-corrected chi connectivity index (χ1v) is 13.5. The molecule has 4 nitrogen and oxygen atoms in total. The van der Waals surface area contributed by atoms with Crippen molar-refractivity contribution in [2.24, 2.45) is 0 Å². The summed E-state index contributed by atoms with van der Waals surface area (Å²) in [5, 5.41) is 4.87. The minimum atomic E-state index is -0.0896. The standard InChI is InChI=1S/C30H35ClN3OP/c1-4-21(2)29(34-17-5-6-28(36)22(34)3)30(35)32-20-23-7-13-27(14-8-23)33-18-15-25(16-19-33)24-9-11-26(31)12-10-24/h5-14,17,25H,3-4,15-16,18-20,36H2,1-2H3,(H,32,35)/b29-21+. The molecule has 188 valence electrons. The normalized spacial score (nSPS) is 17.1. The molecule has 0 aromatic heterocycles. The highest BCUT2D eigenvalue weighted by Crippen LogP contribution is 2.32. The van der Waals surface area contributed by atoms with Crippen LogP contribution in [-0.2, 0) is 11.3 Å². The van der Waals surface area contributed by atoms with E-state index in [1.165, 1.54) is 11.3 Å². The molecule has 4 rings (SSSR count). The van der Waals surface area contributed by atoms with Crippen LogP contribution in [0.5, 0.6) is 0 Å². The van der Waals surface area contributed by atoms with Crippen LogP contribution in [0.4, 0.5) is 5.69 Å². The molecule has 0 aliphatic carbocycles. The Balaban J connectivity index is 1.34. The minimum Gasteiger partial charge on any atom is -0.371 e. The number of hydrogen-bond acceptors (Lipinski definition) is 3. The quantitative estimate of drug-likeness (QED) is 0.312. The van der Waals surface area contributed by atoms with Gasteiger partial charge in [-0.3, -0.25) is 4.79 Å². The second-order valence-corrected chi connectivity index (χ2v) is 10.5. The molecule has 6 heteroatoms. The second kappa shape index (κ2) is 12.0. The molecule has 2 aliphatic rings. The number of benzene rings is 2. The maximum absolute atomic E-state index is 13.2. The lowest BCUT2D eigenvalue weighted by molar-refractivity contribution is -0.118. The van der Waals surface area contributed by atoms with Crippen molar-refractivity contribution in [2.45, 2.75) is 45.6 Å².